The van der Waals surface area contributed by atoms with Gasteiger partial charge in [-0.05, 0) is 12.0 Å². The van der Waals surface area contributed by atoms with Crippen molar-refractivity contribution >= 4 is 6.29 Å². The molecule has 0 aliphatic heterocycles. The average Bonchev–Trinajstić information content (AvgIpc) is 2.78. The van der Waals surface area contributed by atoms with Crippen molar-refractivity contribution in [3.05, 3.63) is 41.8 Å². The summed E-state index contributed by atoms with van der Waals surface area (Å²) in [5.41, 5.74) is 2.24. The van der Waals surface area contributed by atoms with Gasteiger partial charge in [0.2, 0.25) is 5.89 Å². The molecule has 0 spiro atoms. The zero-order valence-electron chi connectivity index (χ0n) is 9.31. The number of carbonyl (C=O) groups excluding carboxylic acids is 1. The third-order valence-corrected chi connectivity index (χ3v) is 2.43. The van der Waals surface area contributed by atoms with Gasteiger partial charge >= 0.3 is 0 Å². The van der Waals surface area contributed by atoms with Gasteiger partial charge in [-0.15, -0.1) is 0 Å². The summed E-state index contributed by atoms with van der Waals surface area (Å²) in [5.74, 6) is 0.826. The van der Waals surface area contributed by atoms with E-state index in [1.807, 2.05) is 32.0 Å². The number of nitrogens with zero attached hydrogens (tertiary/aromatic N) is 1. The van der Waals surface area contributed by atoms with Crippen LogP contribution >= 0.6 is 0 Å². The Morgan fingerprint density at radius 3 is 2.69 bits per heavy atom. The number of oxazole rings is 1. The average molecular weight is 215 g/mol. The second kappa shape index (κ2) is 4.31. The first-order chi connectivity index (χ1) is 7.72. The summed E-state index contributed by atoms with van der Waals surface area (Å²) in [5, 5.41) is 0. The van der Waals surface area contributed by atoms with Gasteiger partial charge in [-0.25, -0.2) is 4.98 Å². The maximum absolute atomic E-state index is 10.9. The molecule has 3 nitrogen and oxygen atoms in total. The molecule has 0 saturated heterocycles. The van der Waals surface area contributed by atoms with Crippen LogP contribution in [0.3, 0.4) is 0 Å². The van der Waals surface area contributed by atoms with Crippen LogP contribution in [-0.4, -0.2) is 11.3 Å². The fraction of sp³-hybridized carbons (Fsp3) is 0.231. The first-order valence-corrected chi connectivity index (χ1v) is 5.22. The van der Waals surface area contributed by atoms with Crippen molar-refractivity contribution < 1.29 is 9.21 Å². The quantitative estimate of drug-likeness (QED) is 0.738. The Kier molecular flexibility index (Phi) is 2.86. The molecular weight excluding hydrogens is 202 g/mol. The monoisotopic (exact) mass is 215 g/mol. The molecule has 3 heteroatoms. The van der Waals surface area contributed by atoms with Crippen molar-refractivity contribution in [1.82, 2.24) is 4.98 Å². The summed E-state index contributed by atoms with van der Waals surface area (Å²) in [6.45, 7) is 4.10. The van der Waals surface area contributed by atoms with Crippen molar-refractivity contribution in [3.8, 4) is 11.5 Å². The van der Waals surface area contributed by atoms with E-state index < -0.39 is 0 Å². The first-order valence-electron chi connectivity index (χ1n) is 5.22. The van der Waals surface area contributed by atoms with Crippen LogP contribution in [0.2, 0.25) is 0 Å². The standard InChI is InChI=1S/C13H13NO2/c1-9(2)12-8-16-13(14-12)11-6-4-3-5-10(11)7-15/h3-9H,1-2H3. The smallest absolute Gasteiger partial charge is 0.226 e. The highest BCUT2D eigenvalue weighted by Gasteiger charge is 2.11. The fourth-order valence-corrected chi connectivity index (χ4v) is 1.47. The molecule has 0 bridgehead atoms. The third kappa shape index (κ3) is 1.89. The van der Waals surface area contributed by atoms with Crippen LogP contribution in [0.4, 0.5) is 0 Å². The minimum atomic E-state index is 0.320. The molecule has 0 amide bonds. The van der Waals surface area contributed by atoms with E-state index in [0.29, 0.717) is 17.4 Å². The van der Waals surface area contributed by atoms with Gasteiger partial charge < -0.3 is 4.42 Å². The molecule has 82 valence electrons. The summed E-state index contributed by atoms with van der Waals surface area (Å²) in [4.78, 5) is 15.2. The van der Waals surface area contributed by atoms with Crippen LogP contribution in [0.1, 0.15) is 35.8 Å². The highest BCUT2D eigenvalue weighted by molar-refractivity contribution is 5.85. The maximum Gasteiger partial charge on any atom is 0.226 e. The molecule has 2 rings (SSSR count). The van der Waals surface area contributed by atoms with Crippen LogP contribution in [-0.2, 0) is 0 Å². The van der Waals surface area contributed by atoms with E-state index in [1.165, 1.54) is 0 Å². The molecule has 1 aromatic carbocycles. The zero-order valence-corrected chi connectivity index (χ0v) is 9.31. The van der Waals surface area contributed by atoms with Crippen molar-refractivity contribution in [2.24, 2.45) is 0 Å². The molecule has 0 N–H and O–H groups in total. The van der Waals surface area contributed by atoms with Gasteiger partial charge in [0.1, 0.15) is 6.26 Å². The van der Waals surface area contributed by atoms with Gasteiger partial charge in [-0.2, -0.15) is 0 Å². The Balaban J connectivity index is 2.46. The highest BCUT2D eigenvalue weighted by atomic mass is 16.3. The molecule has 0 aliphatic rings. The summed E-state index contributed by atoms with van der Waals surface area (Å²) < 4.78 is 5.38. The summed E-state index contributed by atoms with van der Waals surface area (Å²) in [7, 11) is 0. The number of aldehydes is 1. The molecule has 0 atom stereocenters. The van der Waals surface area contributed by atoms with Crippen molar-refractivity contribution in [2.75, 3.05) is 0 Å². The molecule has 0 saturated carbocycles. The number of hydrogen-bond acceptors (Lipinski definition) is 3. The lowest BCUT2D eigenvalue weighted by atomic mass is 10.1. The summed E-state index contributed by atoms with van der Waals surface area (Å²) in [6, 6.07) is 7.27. The van der Waals surface area contributed by atoms with Crippen LogP contribution < -0.4 is 0 Å². The number of hydrogen-bond donors (Lipinski definition) is 0. The van der Waals surface area contributed by atoms with Crippen LogP contribution in [0.25, 0.3) is 11.5 Å². The topological polar surface area (TPSA) is 43.1 Å². The van der Waals surface area contributed by atoms with Crippen molar-refractivity contribution in [2.45, 2.75) is 19.8 Å². The van der Waals surface area contributed by atoms with E-state index in [4.69, 9.17) is 4.42 Å². The molecule has 2 aromatic rings. The maximum atomic E-state index is 10.9. The Labute approximate surface area is 94.1 Å². The Bertz CT molecular complexity index is 500. The van der Waals surface area contributed by atoms with Gasteiger partial charge in [-0.3, -0.25) is 4.79 Å². The number of carbonyl (C=O) groups is 1. The molecule has 1 aromatic heterocycles. The SMILES string of the molecule is CC(C)c1coc(-c2ccccc2C=O)n1. The predicted molar refractivity (Wildman–Crippen MR) is 61.4 cm³/mol. The second-order valence-electron chi connectivity index (χ2n) is 3.94. The molecule has 1 heterocycles. The molecule has 0 radical (unpaired) electrons. The van der Waals surface area contributed by atoms with Crippen molar-refractivity contribution in [1.29, 1.82) is 0 Å². The van der Waals surface area contributed by atoms with E-state index in [0.717, 1.165) is 17.5 Å². The van der Waals surface area contributed by atoms with Gasteiger partial charge in [0.05, 0.1) is 5.69 Å². The lowest BCUT2D eigenvalue weighted by Crippen LogP contribution is -1.89. The van der Waals surface area contributed by atoms with Gasteiger partial charge in [0.15, 0.2) is 6.29 Å². The molecular formula is C13H13NO2. The molecule has 0 unspecified atom stereocenters. The minimum Gasteiger partial charge on any atom is -0.444 e. The second-order valence-corrected chi connectivity index (χ2v) is 3.94. The molecule has 0 aliphatic carbocycles. The summed E-state index contributed by atoms with van der Waals surface area (Å²) in [6.07, 6.45) is 2.45. The van der Waals surface area contributed by atoms with Gasteiger partial charge in [0, 0.05) is 11.1 Å². The van der Waals surface area contributed by atoms with E-state index >= 15 is 0 Å². The number of benzene rings is 1. The number of rotatable bonds is 3. The molecule has 0 fully saturated rings. The first kappa shape index (κ1) is 10.6. The predicted octanol–water partition coefficient (Wildman–Crippen LogP) is 3.28. The Morgan fingerprint density at radius 2 is 2.06 bits per heavy atom. The lowest BCUT2D eigenvalue weighted by Gasteiger charge is -1.98. The molecule has 16 heavy (non-hydrogen) atoms. The Morgan fingerprint density at radius 1 is 1.31 bits per heavy atom. The normalized spacial score (nSPS) is 10.7. The van der Waals surface area contributed by atoms with Gasteiger partial charge in [0.25, 0.3) is 0 Å². The van der Waals surface area contributed by atoms with E-state index in [1.54, 1.807) is 12.3 Å². The van der Waals surface area contributed by atoms with Crippen molar-refractivity contribution in [3.63, 3.8) is 0 Å². The third-order valence-electron chi connectivity index (χ3n) is 2.43. The number of aromatic nitrogens is 1. The minimum absolute atomic E-state index is 0.320. The summed E-state index contributed by atoms with van der Waals surface area (Å²) >= 11 is 0. The lowest BCUT2D eigenvalue weighted by molar-refractivity contribution is 0.112. The van der Waals surface area contributed by atoms with Crippen LogP contribution in [0.15, 0.2) is 34.9 Å². The van der Waals surface area contributed by atoms with E-state index in [9.17, 15) is 4.79 Å². The van der Waals surface area contributed by atoms with E-state index in [2.05, 4.69) is 4.98 Å². The largest absolute Gasteiger partial charge is 0.444 e. The van der Waals surface area contributed by atoms with E-state index in [-0.39, 0.29) is 0 Å². The fourth-order valence-electron chi connectivity index (χ4n) is 1.47. The Hall–Kier alpha value is -1.90. The highest BCUT2D eigenvalue weighted by Crippen LogP contribution is 2.24. The van der Waals surface area contributed by atoms with Crippen LogP contribution in [0.5, 0.6) is 0 Å². The van der Waals surface area contributed by atoms with Gasteiger partial charge in [-0.1, -0.05) is 32.0 Å². The zero-order chi connectivity index (χ0) is 11.5. The van der Waals surface area contributed by atoms with Crippen LogP contribution in [0, 0.1) is 0 Å².